The number of nitrogens with zero attached hydrogens (tertiary/aromatic N) is 4. The summed E-state index contributed by atoms with van der Waals surface area (Å²) in [6, 6.07) is 6.11. The predicted octanol–water partition coefficient (Wildman–Crippen LogP) is 3.54. The molecule has 0 saturated heterocycles. The van der Waals surface area contributed by atoms with Crippen molar-refractivity contribution in [2.24, 2.45) is 0 Å². The third-order valence-corrected chi connectivity index (χ3v) is 3.74. The Morgan fingerprint density at radius 1 is 1.00 bits per heavy atom. The Hall–Kier alpha value is -2.43. The van der Waals surface area contributed by atoms with Crippen molar-refractivity contribution in [3.8, 4) is 0 Å². The lowest BCUT2D eigenvalue weighted by atomic mass is 10.0. The van der Waals surface area contributed by atoms with Gasteiger partial charge in [-0.25, -0.2) is 0 Å². The van der Waals surface area contributed by atoms with Crippen molar-refractivity contribution in [2.45, 2.75) is 6.42 Å². The van der Waals surface area contributed by atoms with Crippen LogP contribution in [0.4, 0.5) is 11.6 Å². The first-order valence-corrected chi connectivity index (χ1v) is 8.03. The highest BCUT2D eigenvalue weighted by molar-refractivity contribution is 9.10. The van der Waals surface area contributed by atoms with Crippen LogP contribution in [0.1, 0.15) is 12.0 Å². The molecule has 0 aromatic carbocycles. The Morgan fingerprint density at radius 2 is 1.62 bits per heavy atom. The number of nitro groups is 2. The van der Waals surface area contributed by atoms with Crippen LogP contribution >= 0.6 is 28.3 Å². The predicted molar refractivity (Wildman–Crippen MR) is 102 cm³/mol. The van der Waals surface area contributed by atoms with E-state index in [0.29, 0.717) is 0 Å². The van der Waals surface area contributed by atoms with Gasteiger partial charge in [-0.15, -0.1) is 12.4 Å². The molecule has 0 atom stereocenters. The van der Waals surface area contributed by atoms with E-state index in [4.69, 9.17) is 0 Å². The van der Waals surface area contributed by atoms with Crippen molar-refractivity contribution in [3.63, 3.8) is 0 Å². The largest absolute Gasteiger partial charge is 0.363 e. The van der Waals surface area contributed by atoms with Gasteiger partial charge >= 0.3 is 11.6 Å². The quantitative estimate of drug-likeness (QED) is 0.567. The van der Waals surface area contributed by atoms with Gasteiger partial charge in [0.1, 0.15) is 6.20 Å². The Balaban J connectivity index is 0.000000270. The molecule has 1 aliphatic rings. The first-order chi connectivity index (χ1) is 12.0. The molecule has 2 aromatic heterocycles. The summed E-state index contributed by atoms with van der Waals surface area (Å²) in [7, 11) is 0. The maximum atomic E-state index is 10.4. The summed E-state index contributed by atoms with van der Waals surface area (Å²) in [5, 5.41) is 23.7. The van der Waals surface area contributed by atoms with Gasteiger partial charge in [0.25, 0.3) is 0 Å². The first kappa shape index (κ1) is 21.6. The highest BCUT2D eigenvalue weighted by Gasteiger charge is 2.10. The molecule has 0 unspecified atom stereocenters. The number of nitrogens with one attached hydrogen (secondary N) is 1. The van der Waals surface area contributed by atoms with E-state index >= 15 is 0 Å². The molecule has 26 heavy (non-hydrogen) atoms. The van der Waals surface area contributed by atoms with Gasteiger partial charge in [0, 0.05) is 24.2 Å². The van der Waals surface area contributed by atoms with Crippen LogP contribution in [0, 0.1) is 20.2 Å². The first-order valence-electron chi connectivity index (χ1n) is 7.24. The molecule has 0 amide bonds. The molecular weight excluding hydrogens is 430 g/mol. The van der Waals surface area contributed by atoms with E-state index in [2.05, 4.69) is 37.3 Å². The number of rotatable bonds is 3. The van der Waals surface area contributed by atoms with E-state index in [1.54, 1.807) is 18.3 Å². The van der Waals surface area contributed by atoms with Crippen LogP contribution < -0.4 is 5.32 Å². The van der Waals surface area contributed by atoms with Crippen LogP contribution in [-0.4, -0.2) is 32.9 Å². The average molecular weight is 445 g/mol. The maximum absolute atomic E-state index is 10.4. The minimum absolute atomic E-state index is 0. The molecular formula is C15H15BrClN5O4. The minimum Gasteiger partial charge on any atom is -0.358 e. The van der Waals surface area contributed by atoms with E-state index in [0.717, 1.165) is 29.5 Å². The van der Waals surface area contributed by atoms with E-state index in [-0.39, 0.29) is 24.0 Å². The Bertz CT molecular complexity index is 784. The number of hydrogen-bond donors (Lipinski definition) is 1. The third kappa shape index (κ3) is 6.47. The van der Waals surface area contributed by atoms with Gasteiger partial charge in [-0.1, -0.05) is 6.08 Å². The fourth-order valence-electron chi connectivity index (χ4n) is 2.04. The molecule has 0 saturated carbocycles. The fourth-order valence-corrected chi connectivity index (χ4v) is 2.28. The van der Waals surface area contributed by atoms with Crippen LogP contribution in [0.5, 0.6) is 0 Å². The zero-order valence-electron chi connectivity index (χ0n) is 13.4. The summed E-state index contributed by atoms with van der Waals surface area (Å²) in [5.74, 6) is -0.239. The summed E-state index contributed by atoms with van der Waals surface area (Å²) in [6.45, 7) is 1.80. The van der Waals surface area contributed by atoms with Crippen molar-refractivity contribution in [3.05, 3.63) is 73.0 Å². The van der Waals surface area contributed by atoms with Gasteiger partial charge in [0.2, 0.25) is 0 Å². The van der Waals surface area contributed by atoms with Crippen LogP contribution in [0.25, 0.3) is 5.57 Å². The number of halogens is 2. The lowest BCUT2D eigenvalue weighted by molar-refractivity contribution is -0.389. The molecule has 1 N–H and O–H groups in total. The number of pyridine rings is 2. The van der Waals surface area contributed by atoms with Crippen LogP contribution in [0.2, 0.25) is 0 Å². The van der Waals surface area contributed by atoms with Crippen LogP contribution in [-0.2, 0) is 0 Å². The SMILES string of the molecule is Cl.O=[N+]([O-])c1ccc(Br)cn1.O=[N+]([O-])c1ccc(C2=CCNCC2)cn1. The number of aromatic nitrogens is 2. The van der Waals surface area contributed by atoms with Crippen molar-refractivity contribution in [1.82, 2.24) is 15.3 Å². The molecule has 0 bridgehead atoms. The topological polar surface area (TPSA) is 124 Å². The lowest BCUT2D eigenvalue weighted by Gasteiger charge is -2.12. The molecule has 9 nitrogen and oxygen atoms in total. The maximum Gasteiger partial charge on any atom is 0.363 e. The van der Waals surface area contributed by atoms with Gasteiger partial charge in [0.15, 0.2) is 6.20 Å². The highest BCUT2D eigenvalue weighted by Crippen LogP contribution is 2.20. The highest BCUT2D eigenvalue weighted by atomic mass is 79.9. The summed E-state index contributed by atoms with van der Waals surface area (Å²) < 4.78 is 0.734. The molecule has 11 heteroatoms. The second-order valence-electron chi connectivity index (χ2n) is 4.94. The molecule has 3 rings (SSSR count). The minimum atomic E-state index is -0.535. The standard InChI is InChI=1S/C10H11N3O2.C5H3BrN2O2.ClH/c14-13(15)10-2-1-9(7-12-10)8-3-5-11-6-4-8;6-4-1-2-5(7-3-4)8(9)10;/h1-3,7,11H,4-6H2;1-3H;1H. The van der Waals surface area contributed by atoms with Crippen molar-refractivity contribution in [2.75, 3.05) is 13.1 Å². The van der Waals surface area contributed by atoms with Crippen molar-refractivity contribution in [1.29, 1.82) is 0 Å². The summed E-state index contributed by atoms with van der Waals surface area (Å²) >= 11 is 3.11. The van der Waals surface area contributed by atoms with E-state index in [1.165, 1.54) is 23.9 Å². The molecule has 0 fully saturated rings. The smallest absolute Gasteiger partial charge is 0.358 e. The van der Waals surface area contributed by atoms with Crippen molar-refractivity contribution >= 4 is 45.5 Å². The third-order valence-electron chi connectivity index (χ3n) is 3.27. The lowest BCUT2D eigenvalue weighted by Crippen LogP contribution is -2.20. The Kier molecular flexibility index (Phi) is 8.76. The van der Waals surface area contributed by atoms with Gasteiger partial charge < -0.3 is 25.5 Å². The molecule has 3 heterocycles. The average Bonchev–Trinajstić information content (AvgIpc) is 2.63. The summed E-state index contributed by atoms with van der Waals surface area (Å²) in [5.41, 5.74) is 2.18. The molecule has 1 aliphatic heterocycles. The Labute approximate surface area is 163 Å². The van der Waals surface area contributed by atoms with E-state index in [9.17, 15) is 20.2 Å². The Morgan fingerprint density at radius 3 is 2.04 bits per heavy atom. The molecule has 0 radical (unpaired) electrons. The summed E-state index contributed by atoms with van der Waals surface area (Å²) in [4.78, 5) is 26.8. The van der Waals surface area contributed by atoms with Gasteiger partial charge in [-0.2, -0.15) is 0 Å². The molecule has 138 valence electrons. The zero-order valence-corrected chi connectivity index (χ0v) is 15.8. The monoisotopic (exact) mass is 443 g/mol. The molecule has 2 aromatic rings. The summed E-state index contributed by atoms with van der Waals surface area (Å²) in [6.07, 6.45) is 5.99. The van der Waals surface area contributed by atoms with E-state index in [1.807, 2.05) is 0 Å². The zero-order chi connectivity index (χ0) is 18.2. The van der Waals surface area contributed by atoms with Gasteiger partial charge in [-0.3, -0.25) is 0 Å². The second kappa shape index (κ2) is 10.5. The fraction of sp³-hybridized carbons (Fsp3) is 0.200. The van der Waals surface area contributed by atoms with E-state index < -0.39 is 9.85 Å². The number of hydrogen-bond acceptors (Lipinski definition) is 7. The van der Waals surface area contributed by atoms with Crippen LogP contribution in [0.15, 0.2) is 47.2 Å². The van der Waals surface area contributed by atoms with Crippen molar-refractivity contribution < 1.29 is 9.85 Å². The van der Waals surface area contributed by atoms with Crippen LogP contribution in [0.3, 0.4) is 0 Å². The second-order valence-corrected chi connectivity index (χ2v) is 5.85. The molecule has 0 spiro atoms. The molecule has 0 aliphatic carbocycles. The van der Waals surface area contributed by atoms with Gasteiger partial charge in [-0.05, 0) is 66.4 Å². The normalized spacial score (nSPS) is 12.7. The van der Waals surface area contributed by atoms with Gasteiger partial charge in [0.05, 0.1) is 4.47 Å².